The summed E-state index contributed by atoms with van der Waals surface area (Å²) < 4.78 is 7.64. The van der Waals surface area contributed by atoms with Crippen LogP contribution in [0.3, 0.4) is 0 Å². The van der Waals surface area contributed by atoms with Crippen LogP contribution in [-0.2, 0) is 11.3 Å². The predicted octanol–water partition coefficient (Wildman–Crippen LogP) is 2.60. The fourth-order valence-electron chi connectivity index (χ4n) is 2.34. The van der Waals surface area contributed by atoms with E-state index in [-0.39, 0.29) is 6.10 Å². The molecule has 0 aromatic carbocycles. The summed E-state index contributed by atoms with van der Waals surface area (Å²) in [6.45, 7) is 15.2. The Morgan fingerprint density at radius 3 is 2.50 bits per heavy atom. The number of ether oxygens (including phenoxy) is 1. The summed E-state index contributed by atoms with van der Waals surface area (Å²) in [5, 5.41) is 8.05. The molecule has 1 unspecified atom stereocenters. The lowest BCUT2D eigenvalue weighted by atomic mass is 10.1. The smallest absolute Gasteiger partial charge is 0.0666 e. The van der Waals surface area contributed by atoms with Crippen molar-refractivity contribution in [2.45, 2.75) is 60.2 Å². The van der Waals surface area contributed by atoms with E-state index in [1.165, 1.54) is 11.3 Å². The van der Waals surface area contributed by atoms with Crippen molar-refractivity contribution in [3.8, 4) is 0 Å². The van der Waals surface area contributed by atoms with Crippen molar-refractivity contribution in [1.82, 2.24) is 15.1 Å². The van der Waals surface area contributed by atoms with E-state index in [1.54, 1.807) is 0 Å². The van der Waals surface area contributed by atoms with Gasteiger partial charge in [-0.2, -0.15) is 5.10 Å². The van der Waals surface area contributed by atoms with Gasteiger partial charge in [0, 0.05) is 17.3 Å². The molecule has 0 fully saturated rings. The number of hydrogen-bond donors (Lipinski definition) is 1. The molecule has 1 atom stereocenters. The molecule has 1 N–H and O–H groups in total. The Labute approximate surface area is 111 Å². The predicted molar refractivity (Wildman–Crippen MR) is 74.9 cm³/mol. The highest BCUT2D eigenvalue weighted by molar-refractivity contribution is 5.27. The van der Waals surface area contributed by atoms with Gasteiger partial charge in [0.25, 0.3) is 0 Å². The van der Waals surface area contributed by atoms with Crippen LogP contribution in [-0.4, -0.2) is 29.0 Å². The van der Waals surface area contributed by atoms with E-state index < -0.39 is 0 Å². The lowest BCUT2D eigenvalue weighted by molar-refractivity contribution is 0.0706. The van der Waals surface area contributed by atoms with Gasteiger partial charge in [-0.05, 0) is 41.2 Å². The Bertz CT molecular complexity index is 371. The minimum absolute atomic E-state index is 0.280. The Balaban J connectivity index is 2.74. The molecular formula is C14H27N3O. The molecule has 0 saturated carbocycles. The molecule has 18 heavy (non-hydrogen) atoms. The summed E-state index contributed by atoms with van der Waals surface area (Å²) in [4.78, 5) is 0. The summed E-state index contributed by atoms with van der Waals surface area (Å²) in [6, 6.07) is 0.356. The summed E-state index contributed by atoms with van der Waals surface area (Å²) in [7, 11) is 0. The van der Waals surface area contributed by atoms with Crippen molar-refractivity contribution in [2.75, 3.05) is 13.2 Å². The molecule has 104 valence electrons. The summed E-state index contributed by atoms with van der Waals surface area (Å²) in [6.07, 6.45) is 0.280. The van der Waals surface area contributed by atoms with Gasteiger partial charge < -0.3 is 10.1 Å². The number of nitrogens with zero attached hydrogens (tertiary/aromatic N) is 2. The van der Waals surface area contributed by atoms with Crippen molar-refractivity contribution in [1.29, 1.82) is 0 Å². The van der Waals surface area contributed by atoms with Crippen LogP contribution in [0.4, 0.5) is 0 Å². The lowest BCUT2D eigenvalue weighted by Crippen LogP contribution is -2.19. The van der Waals surface area contributed by atoms with Crippen LogP contribution in [0.1, 0.15) is 50.7 Å². The third-order valence-electron chi connectivity index (χ3n) is 3.14. The van der Waals surface area contributed by atoms with Gasteiger partial charge in [0.1, 0.15) is 0 Å². The maximum atomic E-state index is 5.58. The first-order chi connectivity index (χ1) is 8.47. The monoisotopic (exact) mass is 253 g/mol. The fourth-order valence-corrected chi connectivity index (χ4v) is 2.34. The molecule has 0 aliphatic rings. The number of aromatic nitrogens is 2. The lowest BCUT2D eigenvalue weighted by Gasteiger charge is -2.13. The average molecular weight is 253 g/mol. The standard InChI is InChI=1S/C14H27N3O/c1-7-15-11(4)14-12(5)16-17(13(14)6)8-9-18-10(2)3/h10-11,15H,7-9H2,1-6H3. The van der Waals surface area contributed by atoms with E-state index in [4.69, 9.17) is 4.74 Å². The highest BCUT2D eigenvalue weighted by Crippen LogP contribution is 2.21. The number of aryl methyl sites for hydroxylation is 1. The second-order valence-electron chi connectivity index (χ2n) is 5.01. The number of nitrogens with one attached hydrogen (secondary N) is 1. The van der Waals surface area contributed by atoms with Crippen molar-refractivity contribution in [2.24, 2.45) is 0 Å². The molecular weight excluding hydrogens is 226 g/mol. The summed E-state index contributed by atoms with van der Waals surface area (Å²) in [5.74, 6) is 0. The molecule has 0 aliphatic heterocycles. The fraction of sp³-hybridized carbons (Fsp3) is 0.786. The minimum Gasteiger partial charge on any atom is -0.377 e. The third-order valence-corrected chi connectivity index (χ3v) is 3.14. The van der Waals surface area contributed by atoms with Crippen molar-refractivity contribution >= 4 is 0 Å². The van der Waals surface area contributed by atoms with Crippen molar-refractivity contribution in [3.63, 3.8) is 0 Å². The quantitative estimate of drug-likeness (QED) is 0.812. The van der Waals surface area contributed by atoms with E-state index >= 15 is 0 Å². The van der Waals surface area contributed by atoms with Gasteiger partial charge in [0.2, 0.25) is 0 Å². The van der Waals surface area contributed by atoms with Crippen LogP contribution in [0, 0.1) is 13.8 Å². The number of hydrogen-bond acceptors (Lipinski definition) is 3. The van der Waals surface area contributed by atoms with Crippen LogP contribution < -0.4 is 5.32 Å². The first kappa shape index (κ1) is 15.2. The van der Waals surface area contributed by atoms with Gasteiger partial charge in [-0.25, -0.2) is 0 Å². The first-order valence-electron chi connectivity index (χ1n) is 6.86. The highest BCUT2D eigenvalue weighted by Gasteiger charge is 2.16. The van der Waals surface area contributed by atoms with Gasteiger partial charge in [-0.1, -0.05) is 6.92 Å². The van der Waals surface area contributed by atoms with E-state index in [9.17, 15) is 0 Å². The highest BCUT2D eigenvalue weighted by atomic mass is 16.5. The van der Waals surface area contributed by atoms with E-state index in [2.05, 4.69) is 56.6 Å². The maximum absolute atomic E-state index is 5.58. The van der Waals surface area contributed by atoms with Gasteiger partial charge in [0.15, 0.2) is 0 Å². The molecule has 1 aromatic rings. The second-order valence-corrected chi connectivity index (χ2v) is 5.01. The van der Waals surface area contributed by atoms with Crippen LogP contribution in [0.25, 0.3) is 0 Å². The van der Waals surface area contributed by atoms with Crippen LogP contribution in [0.15, 0.2) is 0 Å². The Kier molecular flexibility index (Phi) is 5.82. The topological polar surface area (TPSA) is 39.1 Å². The zero-order chi connectivity index (χ0) is 13.7. The Hall–Kier alpha value is -0.870. The summed E-state index contributed by atoms with van der Waals surface area (Å²) >= 11 is 0. The van der Waals surface area contributed by atoms with Gasteiger partial charge in [-0.15, -0.1) is 0 Å². The maximum Gasteiger partial charge on any atom is 0.0666 e. The third kappa shape index (κ3) is 3.82. The zero-order valence-electron chi connectivity index (χ0n) is 12.6. The molecule has 1 heterocycles. The molecule has 1 aromatic heterocycles. The molecule has 1 rings (SSSR count). The van der Waals surface area contributed by atoms with Crippen molar-refractivity contribution < 1.29 is 4.74 Å². The molecule has 0 bridgehead atoms. The van der Waals surface area contributed by atoms with E-state index in [0.29, 0.717) is 12.6 Å². The molecule has 0 radical (unpaired) electrons. The van der Waals surface area contributed by atoms with Crippen LogP contribution >= 0.6 is 0 Å². The van der Waals surface area contributed by atoms with Crippen LogP contribution in [0.2, 0.25) is 0 Å². The normalized spacial score (nSPS) is 13.3. The minimum atomic E-state index is 0.280. The van der Waals surface area contributed by atoms with E-state index in [0.717, 1.165) is 18.8 Å². The SMILES string of the molecule is CCNC(C)c1c(C)nn(CCOC(C)C)c1C. The molecule has 0 spiro atoms. The Morgan fingerprint density at radius 1 is 1.28 bits per heavy atom. The largest absolute Gasteiger partial charge is 0.377 e. The average Bonchev–Trinajstić information content (AvgIpc) is 2.54. The first-order valence-corrected chi connectivity index (χ1v) is 6.86. The Morgan fingerprint density at radius 2 is 1.94 bits per heavy atom. The molecule has 0 saturated heterocycles. The van der Waals surface area contributed by atoms with E-state index in [1.807, 2.05) is 0 Å². The molecule has 0 amide bonds. The van der Waals surface area contributed by atoms with Gasteiger partial charge in [-0.3, -0.25) is 4.68 Å². The molecule has 4 heteroatoms. The molecule has 0 aliphatic carbocycles. The zero-order valence-corrected chi connectivity index (χ0v) is 12.6. The van der Waals surface area contributed by atoms with Crippen LogP contribution in [0.5, 0.6) is 0 Å². The second kappa shape index (κ2) is 6.90. The summed E-state index contributed by atoms with van der Waals surface area (Å²) in [5.41, 5.74) is 3.68. The van der Waals surface area contributed by atoms with Crippen molar-refractivity contribution in [3.05, 3.63) is 17.0 Å². The number of rotatable bonds is 7. The van der Waals surface area contributed by atoms with Gasteiger partial charge in [0.05, 0.1) is 24.9 Å². The van der Waals surface area contributed by atoms with Gasteiger partial charge >= 0.3 is 0 Å². The molecule has 4 nitrogen and oxygen atoms in total.